The minimum atomic E-state index is -0.635. The van der Waals surface area contributed by atoms with Gasteiger partial charge in [-0.1, -0.05) is 25.1 Å². The van der Waals surface area contributed by atoms with Gasteiger partial charge in [-0.05, 0) is 43.2 Å². The number of carboxylic acid groups (broad SMARTS) is 1. The smallest absolute Gasteiger partial charge is 0.309 e. The van der Waals surface area contributed by atoms with Crippen LogP contribution in [0.4, 0.5) is 0 Å². The monoisotopic (exact) mass is 274 g/mol. The summed E-state index contributed by atoms with van der Waals surface area (Å²) in [7, 11) is 0. The third-order valence-electron chi connectivity index (χ3n) is 5.02. The van der Waals surface area contributed by atoms with Crippen LogP contribution in [0.2, 0.25) is 0 Å². The lowest BCUT2D eigenvalue weighted by atomic mass is 9.68. The maximum atomic E-state index is 11.8. The summed E-state index contributed by atoms with van der Waals surface area (Å²) in [5.74, 6) is 0.954. The molecule has 20 heavy (non-hydrogen) atoms. The van der Waals surface area contributed by atoms with E-state index in [1.165, 1.54) is 5.56 Å². The molecular weight excluding hydrogens is 252 g/mol. The molecule has 2 aliphatic rings. The van der Waals surface area contributed by atoms with Gasteiger partial charge in [-0.3, -0.25) is 4.79 Å². The first kappa shape index (κ1) is 13.5. The fraction of sp³-hybridized carbons (Fsp3) is 0.588. The number of rotatable bonds is 3. The van der Waals surface area contributed by atoms with E-state index >= 15 is 0 Å². The van der Waals surface area contributed by atoms with Crippen LogP contribution in [0, 0.1) is 11.3 Å². The van der Waals surface area contributed by atoms with Crippen LogP contribution in [0.5, 0.6) is 5.75 Å². The van der Waals surface area contributed by atoms with E-state index in [9.17, 15) is 9.90 Å². The normalized spacial score (nSPS) is 32.5. The standard InChI is InChI=1S/C17H22O3/c1-12-6-8-17(9-7-12,16(18)19)11-14-10-13-4-2-3-5-15(13)20-14/h2-5,12,14H,6-11H2,1H3,(H,18,19). The third-order valence-corrected chi connectivity index (χ3v) is 5.02. The van der Waals surface area contributed by atoms with E-state index in [4.69, 9.17) is 4.74 Å². The van der Waals surface area contributed by atoms with Gasteiger partial charge in [-0.2, -0.15) is 0 Å². The highest BCUT2D eigenvalue weighted by Crippen LogP contribution is 2.44. The Balaban J connectivity index is 1.72. The quantitative estimate of drug-likeness (QED) is 0.915. The van der Waals surface area contributed by atoms with Crippen LogP contribution in [0.25, 0.3) is 0 Å². The Labute approximate surface area is 120 Å². The van der Waals surface area contributed by atoms with E-state index in [0.29, 0.717) is 12.3 Å². The topological polar surface area (TPSA) is 46.5 Å². The fourth-order valence-electron chi connectivity index (χ4n) is 3.62. The van der Waals surface area contributed by atoms with Crippen molar-refractivity contribution < 1.29 is 14.6 Å². The maximum Gasteiger partial charge on any atom is 0.309 e. The van der Waals surface area contributed by atoms with Crippen molar-refractivity contribution in [3.05, 3.63) is 29.8 Å². The third kappa shape index (κ3) is 2.41. The molecule has 3 nitrogen and oxygen atoms in total. The molecule has 1 aromatic rings. The van der Waals surface area contributed by atoms with Crippen LogP contribution >= 0.6 is 0 Å². The zero-order valence-corrected chi connectivity index (χ0v) is 12.0. The first-order valence-corrected chi connectivity index (χ1v) is 7.57. The number of hydrogen-bond donors (Lipinski definition) is 1. The van der Waals surface area contributed by atoms with Crippen LogP contribution in [0.15, 0.2) is 24.3 Å². The van der Waals surface area contributed by atoms with Crippen molar-refractivity contribution >= 4 is 5.97 Å². The number of hydrogen-bond acceptors (Lipinski definition) is 2. The van der Waals surface area contributed by atoms with Crippen molar-refractivity contribution in [3.8, 4) is 5.75 Å². The molecule has 1 atom stereocenters. The molecule has 0 amide bonds. The molecule has 1 unspecified atom stereocenters. The first-order chi connectivity index (χ1) is 9.59. The number of carbonyl (C=O) groups is 1. The Morgan fingerprint density at radius 1 is 1.35 bits per heavy atom. The zero-order valence-electron chi connectivity index (χ0n) is 12.0. The Morgan fingerprint density at radius 2 is 2.05 bits per heavy atom. The molecule has 3 heteroatoms. The van der Waals surface area contributed by atoms with Crippen molar-refractivity contribution in [2.75, 3.05) is 0 Å². The lowest BCUT2D eigenvalue weighted by Crippen LogP contribution is -2.39. The van der Waals surface area contributed by atoms with Gasteiger partial charge < -0.3 is 9.84 Å². The molecule has 1 aliphatic heterocycles. The number of ether oxygens (including phenoxy) is 1. The molecule has 0 bridgehead atoms. The Hall–Kier alpha value is -1.51. The van der Waals surface area contributed by atoms with Crippen LogP contribution < -0.4 is 4.74 Å². The highest BCUT2D eigenvalue weighted by Gasteiger charge is 2.44. The largest absolute Gasteiger partial charge is 0.490 e. The van der Waals surface area contributed by atoms with Crippen LogP contribution in [0.3, 0.4) is 0 Å². The molecule has 1 aliphatic carbocycles. The number of fused-ring (bicyclic) bond motifs is 1. The number of benzene rings is 1. The molecule has 108 valence electrons. The summed E-state index contributed by atoms with van der Waals surface area (Å²) in [6.07, 6.45) is 5.14. The predicted octanol–water partition coefficient (Wildman–Crippen LogP) is 3.66. The van der Waals surface area contributed by atoms with Gasteiger partial charge in [-0.15, -0.1) is 0 Å². The van der Waals surface area contributed by atoms with Crippen molar-refractivity contribution in [2.45, 2.75) is 51.6 Å². The summed E-state index contributed by atoms with van der Waals surface area (Å²) in [5, 5.41) is 9.70. The molecule has 3 rings (SSSR count). The van der Waals surface area contributed by atoms with Gasteiger partial charge >= 0.3 is 5.97 Å². The summed E-state index contributed by atoms with van der Waals surface area (Å²) >= 11 is 0. The van der Waals surface area contributed by atoms with Gasteiger partial charge in [0.25, 0.3) is 0 Å². The predicted molar refractivity (Wildman–Crippen MR) is 76.9 cm³/mol. The molecule has 1 saturated carbocycles. The SMILES string of the molecule is CC1CCC(CC2Cc3ccccc3O2)(C(=O)O)CC1. The van der Waals surface area contributed by atoms with E-state index in [0.717, 1.165) is 37.9 Å². The molecular formula is C17H22O3. The second-order valence-corrected chi connectivity index (χ2v) is 6.52. The molecule has 0 aromatic heterocycles. The van der Waals surface area contributed by atoms with Crippen molar-refractivity contribution in [1.82, 2.24) is 0 Å². The summed E-state index contributed by atoms with van der Waals surface area (Å²) in [4.78, 5) is 11.8. The van der Waals surface area contributed by atoms with Crippen LogP contribution in [-0.2, 0) is 11.2 Å². The van der Waals surface area contributed by atoms with Gasteiger partial charge in [-0.25, -0.2) is 0 Å². The summed E-state index contributed by atoms with van der Waals surface area (Å²) in [6.45, 7) is 2.22. The second-order valence-electron chi connectivity index (χ2n) is 6.52. The van der Waals surface area contributed by atoms with Crippen LogP contribution in [0.1, 0.15) is 44.6 Å². The van der Waals surface area contributed by atoms with Gasteiger partial charge in [0.1, 0.15) is 11.9 Å². The second kappa shape index (κ2) is 5.12. The number of para-hydroxylation sites is 1. The minimum absolute atomic E-state index is 0.0249. The zero-order chi connectivity index (χ0) is 14.2. The van der Waals surface area contributed by atoms with E-state index in [-0.39, 0.29) is 6.10 Å². The van der Waals surface area contributed by atoms with E-state index in [1.54, 1.807) is 0 Å². The Morgan fingerprint density at radius 3 is 2.70 bits per heavy atom. The molecule has 0 radical (unpaired) electrons. The molecule has 1 N–H and O–H groups in total. The highest BCUT2D eigenvalue weighted by atomic mass is 16.5. The number of carboxylic acids is 1. The van der Waals surface area contributed by atoms with E-state index < -0.39 is 11.4 Å². The van der Waals surface area contributed by atoms with Crippen molar-refractivity contribution in [3.63, 3.8) is 0 Å². The summed E-state index contributed by atoms with van der Waals surface area (Å²) in [6, 6.07) is 8.04. The van der Waals surface area contributed by atoms with Gasteiger partial charge in [0.15, 0.2) is 0 Å². The summed E-state index contributed by atoms with van der Waals surface area (Å²) < 4.78 is 5.95. The first-order valence-electron chi connectivity index (χ1n) is 7.57. The van der Waals surface area contributed by atoms with Gasteiger partial charge in [0.2, 0.25) is 0 Å². The Bertz CT molecular complexity index is 476. The van der Waals surface area contributed by atoms with Crippen molar-refractivity contribution in [1.29, 1.82) is 0 Å². The maximum absolute atomic E-state index is 11.8. The lowest BCUT2D eigenvalue weighted by Gasteiger charge is -2.37. The number of aliphatic carboxylic acids is 1. The summed E-state index contributed by atoms with van der Waals surface area (Å²) in [5.41, 5.74) is 0.640. The van der Waals surface area contributed by atoms with Gasteiger partial charge in [0, 0.05) is 12.8 Å². The average molecular weight is 274 g/mol. The molecule has 1 heterocycles. The molecule has 0 saturated heterocycles. The van der Waals surface area contributed by atoms with E-state index in [1.807, 2.05) is 18.2 Å². The molecule has 1 aromatic carbocycles. The highest BCUT2D eigenvalue weighted by molar-refractivity contribution is 5.74. The van der Waals surface area contributed by atoms with Crippen molar-refractivity contribution in [2.24, 2.45) is 11.3 Å². The fourth-order valence-corrected chi connectivity index (χ4v) is 3.62. The van der Waals surface area contributed by atoms with Gasteiger partial charge in [0.05, 0.1) is 5.41 Å². The minimum Gasteiger partial charge on any atom is -0.490 e. The lowest BCUT2D eigenvalue weighted by molar-refractivity contribution is -0.153. The van der Waals surface area contributed by atoms with E-state index in [2.05, 4.69) is 13.0 Å². The molecule has 1 fully saturated rings. The average Bonchev–Trinajstić information content (AvgIpc) is 2.83. The Kier molecular flexibility index (Phi) is 3.45. The molecule has 0 spiro atoms. The van der Waals surface area contributed by atoms with Crippen LogP contribution in [-0.4, -0.2) is 17.2 Å².